The van der Waals surface area contributed by atoms with E-state index in [1.807, 2.05) is 30.3 Å². The Kier molecular flexibility index (Phi) is 6.07. The minimum atomic E-state index is -0.628. The van der Waals surface area contributed by atoms with Gasteiger partial charge in [0, 0.05) is 6.61 Å². The zero-order valence-electron chi connectivity index (χ0n) is 11.9. The van der Waals surface area contributed by atoms with Crippen molar-refractivity contribution in [3.05, 3.63) is 35.9 Å². The quantitative estimate of drug-likeness (QED) is 0.861. The van der Waals surface area contributed by atoms with Crippen LogP contribution in [0.5, 0.6) is 0 Å². The first-order valence-corrected chi connectivity index (χ1v) is 7.22. The highest BCUT2D eigenvalue weighted by Gasteiger charge is 2.23. The van der Waals surface area contributed by atoms with Crippen LogP contribution in [0.3, 0.4) is 0 Å². The molecular formula is C17H22O3. The molecule has 1 aromatic rings. The van der Waals surface area contributed by atoms with Crippen LogP contribution in [0.25, 0.3) is 0 Å². The lowest BCUT2D eigenvalue weighted by Gasteiger charge is -2.21. The Morgan fingerprint density at radius 1 is 1.35 bits per heavy atom. The maximum atomic E-state index is 9.28. The largest absolute Gasteiger partial charge is 0.381 e. The smallest absolute Gasteiger partial charge is 0.144 e. The van der Waals surface area contributed by atoms with E-state index in [-0.39, 0.29) is 12.2 Å². The van der Waals surface area contributed by atoms with Crippen molar-refractivity contribution in [3.63, 3.8) is 0 Å². The molecule has 1 N–H and O–H groups in total. The molecule has 0 bridgehead atoms. The fourth-order valence-electron chi connectivity index (χ4n) is 2.20. The Bertz CT molecular complexity index is 444. The van der Waals surface area contributed by atoms with Crippen LogP contribution in [0.1, 0.15) is 31.7 Å². The zero-order valence-corrected chi connectivity index (χ0v) is 11.9. The summed E-state index contributed by atoms with van der Waals surface area (Å²) < 4.78 is 11.7. The van der Waals surface area contributed by atoms with Crippen molar-refractivity contribution < 1.29 is 14.6 Å². The van der Waals surface area contributed by atoms with Gasteiger partial charge in [-0.2, -0.15) is 0 Å². The molecule has 1 fully saturated rings. The van der Waals surface area contributed by atoms with Crippen molar-refractivity contribution in [3.8, 4) is 11.8 Å². The summed E-state index contributed by atoms with van der Waals surface area (Å²) in [4.78, 5) is 0. The van der Waals surface area contributed by atoms with E-state index < -0.39 is 6.10 Å². The Labute approximate surface area is 120 Å². The summed E-state index contributed by atoms with van der Waals surface area (Å²) in [5.74, 6) is 5.77. The second-order valence-corrected chi connectivity index (χ2v) is 5.09. The number of hydrogen-bond acceptors (Lipinski definition) is 3. The molecule has 0 aliphatic carbocycles. The highest BCUT2D eigenvalue weighted by Crippen LogP contribution is 2.18. The molecule has 2 rings (SSSR count). The van der Waals surface area contributed by atoms with Crippen molar-refractivity contribution in [2.24, 2.45) is 0 Å². The third-order valence-electron chi connectivity index (χ3n) is 3.26. The monoisotopic (exact) mass is 274 g/mol. The van der Waals surface area contributed by atoms with Crippen LogP contribution < -0.4 is 0 Å². The number of rotatable bonds is 3. The maximum Gasteiger partial charge on any atom is 0.144 e. The van der Waals surface area contributed by atoms with E-state index in [4.69, 9.17) is 9.47 Å². The average Bonchev–Trinajstić information content (AvgIpc) is 2.69. The molecule has 20 heavy (non-hydrogen) atoms. The molecule has 3 nitrogen and oxygen atoms in total. The third kappa shape index (κ3) is 4.97. The van der Waals surface area contributed by atoms with E-state index in [1.54, 1.807) is 6.92 Å². The summed E-state index contributed by atoms with van der Waals surface area (Å²) in [6.07, 6.45) is 2.19. The van der Waals surface area contributed by atoms with Crippen molar-refractivity contribution in [2.45, 2.75) is 51.1 Å². The van der Waals surface area contributed by atoms with Crippen molar-refractivity contribution >= 4 is 0 Å². The Morgan fingerprint density at radius 2 is 2.15 bits per heavy atom. The molecule has 0 saturated carbocycles. The van der Waals surface area contributed by atoms with E-state index in [0.29, 0.717) is 13.2 Å². The van der Waals surface area contributed by atoms with Gasteiger partial charge in [-0.25, -0.2) is 0 Å². The number of aliphatic hydroxyl groups excluding tert-OH is 1. The predicted octanol–water partition coefficient (Wildman–Crippen LogP) is 2.53. The lowest BCUT2D eigenvalue weighted by molar-refractivity contribution is -0.0457. The molecule has 3 atom stereocenters. The first kappa shape index (κ1) is 15.1. The van der Waals surface area contributed by atoms with Gasteiger partial charge in [0.05, 0.1) is 12.7 Å². The molecule has 108 valence electrons. The van der Waals surface area contributed by atoms with Crippen LogP contribution in [0, 0.1) is 11.8 Å². The minimum Gasteiger partial charge on any atom is -0.381 e. The second kappa shape index (κ2) is 8.06. The molecular weight excluding hydrogens is 252 g/mol. The molecule has 1 aliphatic heterocycles. The maximum absolute atomic E-state index is 9.28. The summed E-state index contributed by atoms with van der Waals surface area (Å²) in [6, 6.07) is 10.1. The number of hydrogen-bond donors (Lipinski definition) is 1. The molecule has 0 aromatic heterocycles. The van der Waals surface area contributed by atoms with E-state index in [0.717, 1.165) is 24.8 Å². The van der Waals surface area contributed by atoms with Crippen LogP contribution in [-0.4, -0.2) is 30.0 Å². The van der Waals surface area contributed by atoms with E-state index in [9.17, 15) is 5.11 Å². The first-order chi connectivity index (χ1) is 9.75. The van der Waals surface area contributed by atoms with Crippen LogP contribution in [-0.2, 0) is 16.1 Å². The summed E-state index contributed by atoms with van der Waals surface area (Å²) in [5.41, 5.74) is 1.15. The Morgan fingerprint density at radius 3 is 2.90 bits per heavy atom. The molecule has 1 heterocycles. The summed E-state index contributed by atoms with van der Waals surface area (Å²) >= 11 is 0. The minimum absolute atomic E-state index is 0.0241. The standard InChI is InChI=1S/C17H22O3/c1-14(18)10-11-17-16(9-5-6-12-19-17)20-13-15-7-3-2-4-8-15/h2-4,7-8,14,16-18H,5-6,9,12-13H2,1H3/t14?,16-,17+/m1/s1. The zero-order chi connectivity index (χ0) is 14.2. The summed E-state index contributed by atoms with van der Waals surface area (Å²) in [5, 5.41) is 9.28. The normalized spacial score (nSPS) is 24.3. The fraction of sp³-hybridized carbons (Fsp3) is 0.529. The van der Waals surface area contributed by atoms with Gasteiger partial charge in [-0.1, -0.05) is 42.2 Å². The van der Waals surface area contributed by atoms with Crippen molar-refractivity contribution in [1.82, 2.24) is 0 Å². The lowest BCUT2D eigenvalue weighted by atomic mass is 10.1. The molecule has 3 heteroatoms. The highest BCUT2D eigenvalue weighted by atomic mass is 16.5. The third-order valence-corrected chi connectivity index (χ3v) is 3.26. The Balaban J connectivity index is 1.96. The molecule has 1 unspecified atom stereocenters. The van der Waals surface area contributed by atoms with E-state index >= 15 is 0 Å². The van der Waals surface area contributed by atoms with Gasteiger partial charge in [-0.3, -0.25) is 0 Å². The van der Waals surface area contributed by atoms with E-state index in [2.05, 4.69) is 11.8 Å². The number of benzene rings is 1. The predicted molar refractivity (Wildman–Crippen MR) is 78.1 cm³/mol. The molecule has 0 spiro atoms. The van der Waals surface area contributed by atoms with Gasteiger partial charge in [0.1, 0.15) is 12.2 Å². The molecule has 0 amide bonds. The van der Waals surface area contributed by atoms with Gasteiger partial charge in [-0.05, 0) is 31.7 Å². The fourth-order valence-corrected chi connectivity index (χ4v) is 2.20. The van der Waals surface area contributed by atoms with Crippen LogP contribution in [0.4, 0.5) is 0 Å². The van der Waals surface area contributed by atoms with Gasteiger partial charge >= 0.3 is 0 Å². The van der Waals surface area contributed by atoms with Gasteiger partial charge in [0.25, 0.3) is 0 Å². The highest BCUT2D eigenvalue weighted by molar-refractivity contribution is 5.14. The van der Waals surface area contributed by atoms with Gasteiger partial charge < -0.3 is 14.6 Å². The average molecular weight is 274 g/mol. The Hall–Kier alpha value is -1.34. The van der Waals surface area contributed by atoms with Gasteiger partial charge in [-0.15, -0.1) is 0 Å². The number of aliphatic hydroxyl groups is 1. The molecule has 1 aromatic carbocycles. The van der Waals surface area contributed by atoms with Crippen LogP contribution >= 0.6 is 0 Å². The summed E-state index contributed by atoms with van der Waals surface area (Å²) in [6.45, 7) is 2.94. The number of ether oxygens (including phenoxy) is 2. The van der Waals surface area contributed by atoms with Gasteiger partial charge in [0.2, 0.25) is 0 Å². The SMILES string of the molecule is CC(O)C#C[C@@H]1OCCCC[C@H]1OCc1ccccc1. The molecule has 1 saturated heterocycles. The summed E-state index contributed by atoms with van der Waals surface area (Å²) in [7, 11) is 0. The van der Waals surface area contributed by atoms with Crippen LogP contribution in [0.15, 0.2) is 30.3 Å². The van der Waals surface area contributed by atoms with E-state index in [1.165, 1.54) is 0 Å². The van der Waals surface area contributed by atoms with Crippen molar-refractivity contribution in [1.29, 1.82) is 0 Å². The lowest BCUT2D eigenvalue weighted by Crippen LogP contribution is -2.29. The molecule has 1 aliphatic rings. The topological polar surface area (TPSA) is 38.7 Å². The van der Waals surface area contributed by atoms with Gasteiger partial charge in [0.15, 0.2) is 0 Å². The first-order valence-electron chi connectivity index (χ1n) is 7.22. The van der Waals surface area contributed by atoms with Crippen molar-refractivity contribution in [2.75, 3.05) is 6.61 Å². The second-order valence-electron chi connectivity index (χ2n) is 5.09. The van der Waals surface area contributed by atoms with Crippen LogP contribution in [0.2, 0.25) is 0 Å². The molecule has 0 radical (unpaired) electrons.